The molecule has 6 nitrogen and oxygen atoms in total. The summed E-state index contributed by atoms with van der Waals surface area (Å²) in [5, 5.41) is 5.89. The summed E-state index contributed by atoms with van der Waals surface area (Å²) in [4.78, 5) is 25.5. The number of hydrogen-bond acceptors (Lipinski definition) is 3. The van der Waals surface area contributed by atoms with Crippen LogP contribution in [0.3, 0.4) is 0 Å². The summed E-state index contributed by atoms with van der Waals surface area (Å²) in [6.07, 6.45) is 2.79. The van der Waals surface area contributed by atoms with Gasteiger partial charge in [-0.3, -0.25) is 4.79 Å². The molecule has 3 amide bonds. The monoisotopic (exact) mass is 331 g/mol. The van der Waals surface area contributed by atoms with E-state index >= 15 is 0 Å². The molecule has 1 saturated heterocycles. The van der Waals surface area contributed by atoms with Crippen molar-refractivity contribution in [2.75, 3.05) is 20.6 Å². The van der Waals surface area contributed by atoms with Crippen LogP contribution < -0.4 is 10.6 Å². The van der Waals surface area contributed by atoms with Gasteiger partial charge in [0.2, 0.25) is 0 Å². The van der Waals surface area contributed by atoms with Crippen molar-refractivity contribution in [3.63, 3.8) is 0 Å². The van der Waals surface area contributed by atoms with Gasteiger partial charge in [0.05, 0.1) is 6.10 Å². The Morgan fingerprint density at radius 1 is 1.17 bits per heavy atom. The largest absolute Gasteiger partial charge is 0.363 e. The molecule has 6 heteroatoms. The molecule has 0 aromatic heterocycles. The number of fused-ring (bicyclic) bond motifs is 1. The number of benzene rings is 1. The lowest BCUT2D eigenvalue weighted by molar-refractivity contribution is -0.140. The standard InChI is InChI=1S/C18H25N3O3/c1-21(2)17(22)16-8-7-15(24-16)11-19-18(23)20-14-9-12-5-3-4-6-13(12)10-14/h3-6,14-16H,7-11H2,1-2H3,(H2,19,20,23)/t15-,16-/m0/s1. The first-order valence-corrected chi connectivity index (χ1v) is 8.50. The summed E-state index contributed by atoms with van der Waals surface area (Å²) < 4.78 is 5.72. The first kappa shape index (κ1) is 16.8. The number of amides is 3. The normalized spacial score (nSPS) is 22.9. The fraction of sp³-hybridized carbons (Fsp3) is 0.556. The minimum Gasteiger partial charge on any atom is -0.363 e. The van der Waals surface area contributed by atoms with E-state index < -0.39 is 0 Å². The Morgan fingerprint density at radius 2 is 1.83 bits per heavy atom. The van der Waals surface area contributed by atoms with Gasteiger partial charge >= 0.3 is 6.03 Å². The molecule has 1 aromatic carbocycles. The maximum Gasteiger partial charge on any atom is 0.315 e. The Kier molecular flexibility index (Phi) is 5.04. The van der Waals surface area contributed by atoms with Gasteiger partial charge in [0, 0.05) is 26.7 Å². The number of carbonyl (C=O) groups excluding carboxylic acids is 2. The summed E-state index contributed by atoms with van der Waals surface area (Å²) >= 11 is 0. The topological polar surface area (TPSA) is 70.7 Å². The highest BCUT2D eigenvalue weighted by Gasteiger charge is 2.32. The highest BCUT2D eigenvalue weighted by atomic mass is 16.5. The Hall–Kier alpha value is -2.08. The van der Waals surface area contributed by atoms with Crippen molar-refractivity contribution in [2.45, 2.75) is 43.9 Å². The molecule has 3 rings (SSSR count). The van der Waals surface area contributed by atoms with E-state index in [1.54, 1.807) is 19.0 Å². The van der Waals surface area contributed by atoms with Gasteiger partial charge in [-0.05, 0) is 36.8 Å². The summed E-state index contributed by atoms with van der Waals surface area (Å²) in [5.41, 5.74) is 2.62. The first-order chi connectivity index (χ1) is 11.5. The number of hydrogen-bond donors (Lipinski definition) is 2. The third kappa shape index (κ3) is 3.87. The molecule has 1 aliphatic carbocycles. The van der Waals surface area contributed by atoms with E-state index in [0.717, 1.165) is 19.3 Å². The lowest BCUT2D eigenvalue weighted by atomic mass is 10.1. The molecule has 0 spiro atoms. The predicted molar refractivity (Wildman–Crippen MR) is 90.8 cm³/mol. The maximum absolute atomic E-state index is 12.1. The zero-order valence-electron chi connectivity index (χ0n) is 14.2. The highest BCUT2D eigenvalue weighted by Crippen LogP contribution is 2.22. The zero-order chi connectivity index (χ0) is 17.1. The van der Waals surface area contributed by atoms with E-state index in [-0.39, 0.29) is 30.2 Å². The van der Waals surface area contributed by atoms with Crippen LogP contribution in [-0.2, 0) is 22.4 Å². The van der Waals surface area contributed by atoms with Crippen LogP contribution in [0.25, 0.3) is 0 Å². The van der Waals surface area contributed by atoms with E-state index in [9.17, 15) is 9.59 Å². The molecule has 0 unspecified atom stereocenters. The second-order valence-corrected chi connectivity index (χ2v) is 6.78. The van der Waals surface area contributed by atoms with Gasteiger partial charge in [0.25, 0.3) is 5.91 Å². The smallest absolute Gasteiger partial charge is 0.315 e. The highest BCUT2D eigenvalue weighted by molar-refractivity contribution is 5.80. The average Bonchev–Trinajstić information content (AvgIpc) is 3.18. The molecule has 1 aliphatic heterocycles. The molecule has 130 valence electrons. The first-order valence-electron chi connectivity index (χ1n) is 8.50. The summed E-state index contributed by atoms with van der Waals surface area (Å²) in [7, 11) is 3.45. The molecule has 2 N–H and O–H groups in total. The van der Waals surface area contributed by atoms with Crippen LogP contribution in [0.4, 0.5) is 4.79 Å². The quantitative estimate of drug-likeness (QED) is 0.868. The Labute approximate surface area is 142 Å². The molecular weight excluding hydrogens is 306 g/mol. The number of nitrogens with zero attached hydrogens (tertiary/aromatic N) is 1. The van der Waals surface area contributed by atoms with Crippen molar-refractivity contribution >= 4 is 11.9 Å². The molecule has 0 bridgehead atoms. The second kappa shape index (κ2) is 7.21. The lowest BCUT2D eigenvalue weighted by Gasteiger charge is -2.18. The molecular formula is C18H25N3O3. The second-order valence-electron chi connectivity index (χ2n) is 6.78. The van der Waals surface area contributed by atoms with E-state index in [1.165, 1.54) is 11.1 Å². The van der Waals surface area contributed by atoms with Gasteiger partial charge in [-0.2, -0.15) is 0 Å². The molecule has 2 aliphatic rings. The van der Waals surface area contributed by atoms with Crippen LogP contribution in [0, 0.1) is 0 Å². The Bertz CT molecular complexity index is 592. The zero-order valence-corrected chi connectivity index (χ0v) is 14.2. The fourth-order valence-corrected chi connectivity index (χ4v) is 3.43. The number of nitrogens with one attached hydrogen (secondary N) is 2. The third-order valence-electron chi connectivity index (χ3n) is 4.70. The molecule has 2 atom stereocenters. The molecule has 24 heavy (non-hydrogen) atoms. The van der Waals surface area contributed by atoms with Crippen molar-refractivity contribution in [3.8, 4) is 0 Å². The van der Waals surface area contributed by atoms with Gasteiger partial charge in [-0.15, -0.1) is 0 Å². The fourth-order valence-electron chi connectivity index (χ4n) is 3.43. The molecule has 0 radical (unpaired) electrons. The van der Waals surface area contributed by atoms with Crippen molar-refractivity contribution in [2.24, 2.45) is 0 Å². The van der Waals surface area contributed by atoms with Crippen molar-refractivity contribution in [1.82, 2.24) is 15.5 Å². The van der Waals surface area contributed by atoms with E-state index in [1.807, 2.05) is 12.1 Å². The van der Waals surface area contributed by atoms with Gasteiger partial charge < -0.3 is 20.3 Å². The van der Waals surface area contributed by atoms with Gasteiger partial charge in [0.15, 0.2) is 0 Å². The number of rotatable bonds is 4. The minimum absolute atomic E-state index is 0.00864. The van der Waals surface area contributed by atoms with Gasteiger partial charge in [-0.1, -0.05) is 24.3 Å². The van der Waals surface area contributed by atoms with Crippen LogP contribution in [0.5, 0.6) is 0 Å². The van der Waals surface area contributed by atoms with Gasteiger partial charge in [0.1, 0.15) is 6.10 Å². The van der Waals surface area contributed by atoms with Crippen LogP contribution in [0.15, 0.2) is 24.3 Å². The Morgan fingerprint density at radius 3 is 2.46 bits per heavy atom. The van der Waals surface area contributed by atoms with Crippen molar-refractivity contribution in [3.05, 3.63) is 35.4 Å². The summed E-state index contributed by atoms with van der Waals surface area (Å²) in [6.45, 7) is 0.433. The number of ether oxygens (including phenoxy) is 1. The lowest BCUT2D eigenvalue weighted by Crippen LogP contribution is -2.45. The Balaban J connectivity index is 1.39. The van der Waals surface area contributed by atoms with Crippen LogP contribution >= 0.6 is 0 Å². The summed E-state index contributed by atoms with van der Waals surface area (Å²) in [6, 6.07) is 8.27. The van der Waals surface area contributed by atoms with E-state index in [4.69, 9.17) is 4.74 Å². The number of likely N-dealkylation sites (N-methyl/N-ethyl adjacent to an activating group) is 1. The minimum atomic E-state index is -0.376. The summed E-state index contributed by atoms with van der Waals surface area (Å²) in [5.74, 6) is -0.00864. The van der Waals surface area contributed by atoms with Crippen molar-refractivity contribution < 1.29 is 14.3 Å². The van der Waals surface area contributed by atoms with Crippen LogP contribution in [0.2, 0.25) is 0 Å². The molecule has 1 heterocycles. The third-order valence-corrected chi connectivity index (χ3v) is 4.70. The maximum atomic E-state index is 12.1. The predicted octanol–water partition coefficient (Wildman–Crippen LogP) is 1.09. The van der Waals surface area contributed by atoms with E-state index in [2.05, 4.69) is 22.8 Å². The average molecular weight is 331 g/mol. The SMILES string of the molecule is CN(C)C(=O)[C@@H]1CC[C@@H](CNC(=O)NC2Cc3ccccc3C2)O1. The van der Waals surface area contributed by atoms with Crippen LogP contribution in [0.1, 0.15) is 24.0 Å². The molecule has 1 fully saturated rings. The van der Waals surface area contributed by atoms with Gasteiger partial charge in [-0.25, -0.2) is 4.79 Å². The van der Waals surface area contributed by atoms with E-state index in [0.29, 0.717) is 13.0 Å². The number of urea groups is 1. The molecule has 0 saturated carbocycles. The number of carbonyl (C=O) groups is 2. The van der Waals surface area contributed by atoms with Crippen molar-refractivity contribution in [1.29, 1.82) is 0 Å². The molecule has 1 aromatic rings. The van der Waals surface area contributed by atoms with Crippen LogP contribution in [-0.4, -0.2) is 55.7 Å².